The maximum absolute atomic E-state index is 9.40. The van der Waals surface area contributed by atoms with Crippen LogP contribution in [-0.2, 0) is 4.79 Å². The molecule has 0 heterocycles. The van der Waals surface area contributed by atoms with E-state index in [0.29, 0.717) is 13.0 Å². The van der Waals surface area contributed by atoms with E-state index < -0.39 is 0 Å². The lowest BCUT2D eigenvalue weighted by Gasteiger charge is -1.98. The summed E-state index contributed by atoms with van der Waals surface area (Å²) in [4.78, 5) is 9.40. The van der Waals surface area contributed by atoms with Gasteiger partial charge in [0.15, 0.2) is 0 Å². The van der Waals surface area contributed by atoms with Crippen LogP contribution in [0.3, 0.4) is 0 Å². The lowest BCUT2D eigenvalue weighted by Crippen LogP contribution is -1.83. The van der Waals surface area contributed by atoms with Gasteiger partial charge in [-0.05, 0) is 12.8 Å². The molecule has 0 aliphatic rings. The minimum absolute atomic E-state index is 0.370. The first kappa shape index (κ1) is 18.0. The van der Waals surface area contributed by atoms with Crippen molar-refractivity contribution < 1.29 is 9.90 Å². The van der Waals surface area contributed by atoms with Gasteiger partial charge in [-0.2, -0.15) is 0 Å². The molecule has 16 heavy (non-hydrogen) atoms. The molecule has 0 fully saturated rings. The highest BCUT2D eigenvalue weighted by Crippen LogP contribution is 2.07. The van der Waals surface area contributed by atoms with Crippen molar-refractivity contribution in [1.29, 1.82) is 0 Å². The normalized spacial score (nSPS) is 9.44. The van der Waals surface area contributed by atoms with Gasteiger partial charge >= 0.3 is 0 Å². The van der Waals surface area contributed by atoms with Gasteiger partial charge in [-0.1, -0.05) is 58.8 Å². The quantitative estimate of drug-likeness (QED) is 0.453. The number of carbonyl (C=O) groups excluding carboxylic acids is 1. The molecule has 0 rings (SSSR count). The third kappa shape index (κ3) is 23.4. The van der Waals surface area contributed by atoms with Gasteiger partial charge in [-0.15, -0.1) is 0 Å². The average Bonchev–Trinajstić information content (AvgIpc) is 2.30. The molecule has 0 aliphatic heterocycles. The standard InChI is InChI=1S/C10H22O.C4H8O/c1-2-3-4-5-6-7-8-9-10-11;1-2-3-4-5/h11H,2-10H2,1H3;4H,2-3H2,1H3. The third-order valence-electron chi connectivity index (χ3n) is 2.42. The summed E-state index contributed by atoms with van der Waals surface area (Å²) in [5.41, 5.74) is 0. The van der Waals surface area contributed by atoms with E-state index in [1.165, 1.54) is 44.9 Å². The molecule has 2 nitrogen and oxygen atoms in total. The molecule has 0 aliphatic carbocycles. The highest BCUT2D eigenvalue weighted by molar-refractivity contribution is 5.48. The summed E-state index contributed by atoms with van der Waals surface area (Å²) in [5, 5.41) is 8.51. The summed E-state index contributed by atoms with van der Waals surface area (Å²) in [7, 11) is 0. The van der Waals surface area contributed by atoms with E-state index in [9.17, 15) is 4.79 Å². The molecular weight excluding hydrogens is 200 g/mol. The summed E-state index contributed by atoms with van der Waals surface area (Å²) in [6.07, 6.45) is 13.0. The van der Waals surface area contributed by atoms with E-state index in [2.05, 4.69) is 6.92 Å². The van der Waals surface area contributed by atoms with E-state index in [1.54, 1.807) is 0 Å². The Hall–Kier alpha value is -0.370. The molecule has 0 aromatic heterocycles. The summed E-state index contributed by atoms with van der Waals surface area (Å²) < 4.78 is 0. The number of hydrogen-bond acceptors (Lipinski definition) is 2. The zero-order valence-electron chi connectivity index (χ0n) is 11.2. The van der Waals surface area contributed by atoms with Gasteiger partial charge in [0, 0.05) is 13.0 Å². The summed E-state index contributed by atoms with van der Waals surface area (Å²) in [5.74, 6) is 0. The fourth-order valence-corrected chi connectivity index (χ4v) is 1.36. The molecule has 0 spiro atoms. The fourth-order valence-electron chi connectivity index (χ4n) is 1.36. The van der Waals surface area contributed by atoms with Crippen molar-refractivity contribution in [3.8, 4) is 0 Å². The second kappa shape index (κ2) is 20.1. The molecule has 0 saturated heterocycles. The lowest BCUT2D eigenvalue weighted by atomic mass is 10.1. The van der Waals surface area contributed by atoms with E-state index >= 15 is 0 Å². The Morgan fingerprint density at radius 2 is 1.31 bits per heavy atom. The zero-order chi connectivity index (χ0) is 12.5. The second-order valence-electron chi connectivity index (χ2n) is 4.15. The van der Waals surface area contributed by atoms with E-state index in [1.807, 2.05) is 6.92 Å². The maximum atomic E-state index is 9.40. The maximum Gasteiger partial charge on any atom is 0.119 e. The van der Waals surface area contributed by atoms with Crippen molar-refractivity contribution in [3.05, 3.63) is 0 Å². The topological polar surface area (TPSA) is 37.3 Å². The van der Waals surface area contributed by atoms with Crippen LogP contribution in [0.4, 0.5) is 0 Å². The molecule has 0 bridgehead atoms. The van der Waals surface area contributed by atoms with Crippen LogP contribution in [0.1, 0.15) is 78.1 Å². The zero-order valence-corrected chi connectivity index (χ0v) is 11.2. The largest absolute Gasteiger partial charge is 0.396 e. The minimum atomic E-state index is 0.370. The number of aliphatic hydroxyl groups is 1. The van der Waals surface area contributed by atoms with Crippen LogP contribution >= 0.6 is 0 Å². The van der Waals surface area contributed by atoms with Gasteiger partial charge < -0.3 is 9.90 Å². The number of hydrogen-bond donors (Lipinski definition) is 1. The van der Waals surface area contributed by atoms with Crippen LogP contribution in [0.25, 0.3) is 0 Å². The number of unbranched alkanes of at least 4 members (excludes halogenated alkanes) is 8. The Morgan fingerprint density at radius 1 is 0.812 bits per heavy atom. The Morgan fingerprint density at radius 3 is 1.62 bits per heavy atom. The van der Waals surface area contributed by atoms with E-state index in [4.69, 9.17) is 5.11 Å². The van der Waals surface area contributed by atoms with Crippen molar-refractivity contribution in [3.63, 3.8) is 0 Å². The van der Waals surface area contributed by atoms with Gasteiger partial charge in [0.1, 0.15) is 6.29 Å². The molecule has 0 unspecified atom stereocenters. The van der Waals surface area contributed by atoms with E-state index in [-0.39, 0.29) is 0 Å². The first-order valence-corrected chi connectivity index (χ1v) is 6.87. The van der Waals surface area contributed by atoms with Crippen LogP contribution in [0.15, 0.2) is 0 Å². The van der Waals surface area contributed by atoms with Gasteiger partial charge in [0.25, 0.3) is 0 Å². The molecule has 0 atom stereocenters. The predicted molar refractivity (Wildman–Crippen MR) is 70.7 cm³/mol. The van der Waals surface area contributed by atoms with Gasteiger partial charge in [0.2, 0.25) is 0 Å². The number of aldehydes is 1. The molecule has 98 valence electrons. The van der Waals surface area contributed by atoms with Crippen molar-refractivity contribution in [2.24, 2.45) is 0 Å². The summed E-state index contributed by atoms with van der Waals surface area (Å²) in [6, 6.07) is 0. The smallest absolute Gasteiger partial charge is 0.119 e. The number of aliphatic hydroxyl groups excluding tert-OH is 1. The van der Waals surface area contributed by atoms with Gasteiger partial charge in [-0.25, -0.2) is 0 Å². The number of carbonyl (C=O) groups is 1. The lowest BCUT2D eigenvalue weighted by molar-refractivity contribution is -0.107. The van der Waals surface area contributed by atoms with Crippen molar-refractivity contribution in [2.75, 3.05) is 6.61 Å². The van der Waals surface area contributed by atoms with Crippen LogP contribution in [0, 0.1) is 0 Å². The monoisotopic (exact) mass is 230 g/mol. The Kier molecular flexibility index (Phi) is 22.6. The minimum Gasteiger partial charge on any atom is -0.396 e. The number of rotatable bonds is 10. The second-order valence-corrected chi connectivity index (χ2v) is 4.15. The summed E-state index contributed by atoms with van der Waals surface area (Å²) in [6.45, 7) is 4.59. The molecule has 0 radical (unpaired) electrons. The van der Waals surface area contributed by atoms with Crippen LogP contribution in [0.5, 0.6) is 0 Å². The van der Waals surface area contributed by atoms with Gasteiger partial charge in [-0.3, -0.25) is 0 Å². The first-order chi connectivity index (χ1) is 7.83. The first-order valence-electron chi connectivity index (χ1n) is 6.87. The van der Waals surface area contributed by atoms with Crippen molar-refractivity contribution in [2.45, 2.75) is 78.1 Å². The highest BCUT2D eigenvalue weighted by Gasteiger charge is 1.89. The van der Waals surface area contributed by atoms with Crippen LogP contribution < -0.4 is 0 Å². The SMILES string of the molecule is CCCC=O.CCCCCCCCCCO. The van der Waals surface area contributed by atoms with Crippen molar-refractivity contribution >= 4 is 6.29 Å². The molecular formula is C14H30O2. The van der Waals surface area contributed by atoms with E-state index in [0.717, 1.165) is 19.1 Å². The van der Waals surface area contributed by atoms with Crippen LogP contribution in [-0.4, -0.2) is 18.0 Å². The molecule has 0 amide bonds. The molecule has 2 heteroatoms. The molecule has 1 N–H and O–H groups in total. The molecule has 0 aromatic carbocycles. The Bertz CT molecular complexity index is 105. The Balaban J connectivity index is 0. The Labute approximate surface area is 101 Å². The summed E-state index contributed by atoms with van der Waals surface area (Å²) >= 11 is 0. The van der Waals surface area contributed by atoms with Crippen molar-refractivity contribution in [1.82, 2.24) is 0 Å². The van der Waals surface area contributed by atoms with Crippen LogP contribution in [0.2, 0.25) is 0 Å². The predicted octanol–water partition coefficient (Wildman–Crippen LogP) is 4.10. The average molecular weight is 230 g/mol. The van der Waals surface area contributed by atoms with Gasteiger partial charge in [0.05, 0.1) is 0 Å². The third-order valence-corrected chi connectivity index (χ3v) is 2.42. The fraction of sp³-hybridized carbons (Fsp3) is 0.929. The molecule has 0 aromatic rings. The molecule has 0 saturated carbocycles. The highest BCUT2D eigenvalue weighted by atomic mass is 16.2.